The van der Waals surface area contributed by atoms with Crippen molar-refractivity contribution in [1.29, 1.82) is 0 Å². The third kappa shape index (κ3) is 3.80. The fourth-order valence-corrected chi connectivity index (χ4v) is 5.04. The first kappa shape index (κ1) is 17.8. The predicted octanol–water partition coefficient (Wildman–Crippen LogP) is 5.08. The highest BCUT2D eigenvalue weighted by atomic mass is 35.5. The van der Waals surface area contributed by atoms with Crippen LogP contribution < -0.4 is 5.32 Å². The van der Waals surface area contributed by atoms with E-state index in [9.17, 15) is 9.59 Å². The number of fused-ring (bicyclic) bond motifs is 1. The maximum absolute atomic E-state index is 12.2. The largest absolute Gasteiger partial charge is 0.451 e. The molecule has 24 heavy (non-hydrogen) atoms. The minimum atomic E-state index is -0.644. The summed E-state index contributed by atoms with van der Waals surface area (Å²) in [5.74, 6) is -0.941. The van der Waals surface area contributed by atoms with Gasteiger partial charge < -0.3 is 10.1 Å². The summed E-state index contributed by atoms with van der Waals surface area (Å²) in [6.45, 7) is -0.325. The summed E-state index contributed by atoms with van der Waals surface area (Å²) in [6, 6.07) is 3.43. The fraction of sp³-hybridized carbons (Fsp3) is 0.375. The summed E-state index contributed by atoms with van der Waals surface area (Å²) in [5, 5.41) is 4.48. The quantitative estimate of drug-likeness (QED) is 0.721. The van der Waals surface area contributed by atoms with E-state index < -0.39 is 5.97 Å². The van der Waals surface area contributed by atoms with Crippen molar-refractivity contribution in [1.82, 2.24) is 5.32 Å². The number of halogens is 3. The maximum Gasteiger partial charge on any atom is 0.350 e. The summed E-state index contributed by atoms with van der Waals surface area (Å²) in [7, 11) is 0. The molecule has 2 aromatic rings. The van der Waals surface area contributed by atoms with Crippen molar-refractivity contribution in [2.24, 2.45) is 0 Å². The molecule has 1 N–H and O–H groups in total. The molecule has 3 rings (SSSR count). The van der Waals surface area contributed by atoms with E-state index in [0.717, 1.165) is 37.0 Å². The lowest BCUT2D eigenvalue weighted by molar-refractivity contribution is -0.124. The highest BCUT2D eigenvalue weighted by Crippen LogP contribution is 2.41. The van der Waals surface area contributed by atoms with Crippen LogP contribution in [0.3, 0.4) is 0 Å². The number of hydrogen-bond acceptors (Lipinski definition) is 4. The summed E-state index contributed by atoms with van der Waals surface area (Å²) >= 11 is 19.5. The summed E-state index contributed by atoms with van der Waals surface area (Å²) in [5.41, 5.74) is 0. The molecule has 8 heteroatoms. The Morgan fingerprint density at radius 2 is 1.92 bits per heavy atom. The SMILES string of the molecule is O=C(COC(=O)c1sc2cc(Cl)cc(Cl)c2c1Cl)NC1CCCC1. The number of carbonyl (C=O) groups is 2. The van der Waals surface area contributed by atoms with Gasteiger partial charge in [0.2, 0.25) is 0 Å². The zero-order valence-electron chi connectivity index (χ0n) is 12.5. The standard InChI is InChI=1S/C16H14Cl3NO3S/c17-8-5-10(18)13-11(6-8)24-15(14(13)19)16(22)23-7-12(21)20-9-3-1-2-4-9/h5-6,9H,1-4,7H2,(H,20,21). The van der Waals surface area contributed by atoms with E-state index in [-0.39, 0.29) is 28.5 Å². The molecule has 1 fully saturated rings. The molecule has 1 heterocycles. The van der Waals surface area contributed by atoms with Crippen LogP contribution in [-0.2, 0) is 9.53 Å². The molecular weight excluding hydrogens is 393 g/mol. The van der Waals surface area contributed by atoms with Crippen LogP contribution in [-0.4, -0.2) is 24.5 Å². The Morgan fingerprint density at radius 3 is 2.62 bits per heavy atom. The first-order valence-electron chi connectivity index (χ1n) is 7.49. The van der Waals surface area contributed by atoms with Crippen molar-refractivity contribution in [3.63, 3.8) is 0 Å². The van der Waals surface area contributed by atoms with Crippen molar-refractivity contribution >= 4 is 68.1 Å². The van der Waals surface area contributed by atoms with Gasteiger partial charge in [0.1, 0.15) is 4.88 Å². The molecule has 0 saturated heterocycles. The van der Waals surface area contributed by atoms with Gasteiger partial charge in [-0.2, -0.15) is 0 Å². The molecular formula is C16H14Cl3NO3S. The average molecular weight is 407 g/mol. The number of rotatable bonds is 4. The zero-order valence-corrected chi connectivity index (χ0v) is 15.6. The van der Waals surface area contributed by atoms with Gasteiger partial charge in [0.05, 0.1) is 10.0 Å². The molecule has 0 aliphatic heterocycles. The van der Waals surface area contributed by atoms with Crippen molar-refractivity contribution in [3.05, 3.63) is 32.1 Å². The van der Waals surface area contributed by atoms with Gasteiger partial charge in [0.25, 0.3) is 5.91 Å². The van der Waals surface area contributed by atoms with Crippen LogP contribution >= 0.6 is 46.1 Å². The summed E-state index contributed by atoms with van der Waals surface area (Å²) in [6.07, 6.45) is 4.18. The van der Waals surface area contributed by atoms with E-state index in [1.54, 1.807) is 12.1 Å². The number of carbonyl (C=O) groups excluding carboxylic acids is 2. The van der Waals surface area contributed by atoms with Crippen molar-refractivity contribution in [2.75, 3.05) is 6.61 Å². The van der Waals surface area contributed by atoms with Crippen LogP contribution in [0.15, 0.2) is 12.1 Å². The van der Waals surface area contributed by atoms with Crippen LogP contribution in [0.1, 0.15) is 35.4 Å². The highest BCUT2D eigenvalue weighted by Gasteiger charge is 2.22. The number of ether oxygens (including phenoxy) is 1. The van der Waals surface area contributed by atoms with Crippen LogP contribution in [0.2, 0.25) is 15.1 Å². The fourth-order valence-electron chi connectivity index (χ4n) is 2.78. The Labute approximate surface area is 158 Å². The molecule has 128 valence electrons. The molecule has 1 aliphatic carbocycles. The third-order valence-electron chi connectivity index (χ3n) is 3.89. The number of esters is 1. The molecule has 0 unspecified atom stereocenters. The van der Waals surface area contributed by atoms with E-state index in [0.29, 0.717) is 20.1 Å². The Balaban J connectivity index is 1.68. The maximum atomic E-state index is 12.2. The predicted molar refractivity (Wildman–Crippen MR) is 97.5 cm³/mol. The lowest BCUT2D eigenvalue weighted by atomic mass is 10.2. The van der Waals surface area contributed by atoms with Crippen LogP contribution in [0.4, 0.5) is 0 Å². The number of benzene rings is 1. The molecule has 1 saturated carbocycles. The second-order valence-electron chi connectivity index (χ2n) is 5.63. The van der Waals surface area contributed by atoms with Gasteiger partial charge in [-0.1, -0.05) is 47.6 Å². The van der Waals surface area contributed by atoms with Crippen LogP contribution in [0.5, 0.6) is 0 Å². The van der Waals surface area contributed by atoms with Gasteiger partial charge in [0.15, 0.2) is 6.61 Å². The van der Waals surface area contributed by atoms with E-state index in [2.05, 4.69) is 5.32 Å². The van der Waals surface area contributed by atoms with Gasteiger partial charge in [-0.3, -0.25) is 4.79 Å². The molecule has 1 aromatic carbocycles. The Bertz CT molecular complexity index is 799. The lowest BCUT2D eigenvalue weighted by Gasteiger charge is -2.11. The summed E-state index contributed by atoms with van der Waals surface area (Å²) in [4.78, 5) is 24.3. The topological polar surface area (TPSA) is 55.4 Å². The first-order valence-corrected chi connectivity index (χ1v) is 9.44. The number of nitrogens with one attached hydrogen (secondary N) is 1. The van der Waals surface area contributed by atoms with E-state index in [4.69, 9.17) is 39.5 Å². The van der Waals surface area contributed by atoms with Gasteiger partial charge in [-0.15, -0.1) is 11.3 Å². The molecule has 0 bridgehead atoms. The van der Waals surface area contributed by atoms with Gasteiger partial charge >= 0.3 is 5.97 Å². The normalized spacial score (nSPS) is 15.0. The Kier molecular flexibility index (Phi) is 5.55. The molecule has 0 radical (unpaired) electrons. The molecule has 0 atom stereocenters. The van der Waals surface area contributed by atoms with Crippen molar-refractivity contribution in [2.45, 2.75) is 31.7 Å². The Morgan fingerprint density at radius 1 is 1.21 bits per heavy atom. The average Bonchev–Trinajstić information content (AvgIpc) is 3.12. The molecule has 1 aromatic heterocycles. The first-order chi connectivity index (χ1) is 11.5. The second kappa shape index (κ2) is 7.48. The monoisotopic (exact) mass is 405 g/mol. The minimum absolute atomic E-state index is 0.185. The molecule has 1 amide bonds. The summed E-state index contributed by atoms with van der Waals surface area (Å²) < 4.78 is 5.77. The number of amides is 1. The Hall–Kier alpha value is -1.01. The molecule has 1 aliphatic rings. The number of thiophene rings is 1. The third-order valence-corrected chi connectivity index (χ3v) is 6.01. The van der Waals surface area contributed by atoms with Crippen LogP contribution in [0, 0.1) is 0 Å². The minimum Gasteiger partial charge on any atom is -0.451 e. The van der Waals surface area contributed by atoms with Crippen molar-refractivity contribution < 1.29 is 14.3 Å². The van der Waals surface area contributed by atoms with Gasteiger partial charge in [-0.25, -0.2) is 4.79 Å². The van der Waals surface area contributed by atoms with E-state index in [1.807, 2.05) is 0 Å². The van der Waals surface area contributed by atoms with E-state index in [1.165, 1.54) is 0 Å². The van der Waals surface area contributed by atoms with Crippen molar-refractivity contribution in [3.8, 4) is 0 Å². The lowest BCUT2D eigenvalue weighted by Crippen LogP contribution is -2.35. The molecule has 0 spiro atoms. The zero-order chi connectivity index (χ0) is 17.3. The van der Waals surface area contributed by atoms with Gasteiger partial charge in [-0.05, 0) is 25.0 Å². The second-order valence-corrected chi connectivity index (χ2v) is 7.90. The van der Waals surface area contributed by atoms with Crippen LogP contribution in [0.25, 0.3) is 10.1 Å². The molecule has 4 nitrogen and oxygen atoms in total. The number of hydrogen-bond donors (Lipinski definition) is 1. The van der Waals surface area contributed by atoms with Gasteiger partial charge in [0, 0.05) is 21.2 Å². The smallest absolute Gasteiger partial charge is 0.350 e. The van der Waals surface area contributed by atoms with E-state index >= 15 is 0 Å². The highest BCUT2D eigenvalue weighted by molar-refractivity contribution is 7.21.